The Hall–Kier alpha value is -1.07. The van der Waals surface area contributed by atoms with Crippen molar-refractivity contribution in [3.63, 3.8) is 0 Å². The van der Waals surface area contributed by atoms with Gasteiger partial charge in [-0.1, -0.05) is 12.2 Å². The third kappa shape index (κ3) is 2.92. The molecule has 106 valence electrons. The number of amides is 1. The lowest BCUT2D eigenvalue weighted by Crippen LogP contribution is -2.40. The fourth-order valence-corrected chi connectivity index (χ4v) is 3.06. The molecule has 5 heteroatoms. The number of hydrogen-bond acceptors (Lipinski definition) is 4. The molecule has 2 aliphatic heterocycles. The maximum Gasteiger partial charge on any atom is 0.407 e. The molecule has 1 aliphatic carbocycles. The van der Waals surface area contributed by atoms with Crippen molar-refractivity contribution < 1.29 is 19.0 Å². The van der Waals surface area contributed by atoms with Gasteiger partial charge in [-0.25, -0.2) is 4.79 Å². The van der Waals surface area contributed by atoms with E-state index in [0.717, 1.165) is 32.1 Å². The van der Waals surface area contributed by atoms with Crippen LogP contribution in [0.2, 0.25) is 0 Å². The largest absolute Gasteiger partial charge is 0.443 e. The van der Waals surface area contributed by atoms with Crippen molar-refractivity contribution in [1.82, 2.24) is 5.32 Å². The molecule has 3 aliphatic rings. The van der Waals surface area contributed by atoms with Crippen molar-refractivity contribution in [2.45, 2.75) is 50.5 Å². The van der Waals surface area contributed by atoms with E-state index in [4.69, 9.17) is 14.2 Å². The number of carbonyl (C=O) groups is 1. The summed E-state index contributed by atoms with van der Waals surface area (Å²) in [6.07, 6.45) is 4.17. The summed E-state index contributed by atoms with van der Waals surface area (Å²) >= 11 is 0. The molecule has 0 aromatic carbocycles. The zero-order valence-corrected chi connectivity index (χ0v) is 11.1. The van der Waals surface area contributed by atoms with Crippen LogP contribution in [0.4, 0.5) is 4.79 Å². The van der Waals surface area contributed by atoms with Gasteiger partial charge in [-0.3, -0.25) is 0 Å². The van der Waals surface area contributed by atoms with E-state index in [1.54, 1.807) is 0 Å². The molecule has 0 aromatic rings. The van der Waals surface area contributed by atoms with Gasteiger partial charge in [0.25, 0.3) is 0 Å². The molecule has 5 nitrogen and oxygen atoms in total. The van der Waals surface area contributed by atoms with Crippen LogP contribution >= 0.6 is 0 Å². The van der Waals surface area contributed by atoms with Crippen LogP contribution in [-0.2, 0) is 14.2 Å². The lowest BCUT2D eigenvalue weighted by Gasteiger charge is -2.25. The summed E-state index contributed by atoms with van der Waals surface area (Å²) in [6.45, 7) is 5.12. The van der Waals surface area contributed by atoms with Crippen LogP contribution in [-0.4, -0.2) is 37.7 Å². The Kier molecular flexibility index (Phi) is 3.75. The lowest BCUT2D eigenvalue weighted by atomic mass is 9.92. The SMILES string of the molecule is C=C1CCC(NC(=O)O[C@H]2CO[C@H]3OCC[C@H]32)CC1. The lowest BCUT2D eigenvalue weighted by molar-refractivity contribution is -0.0907. The molecule has 0 bridgehead atoms. The van der Waals surface area contributed by atoms with Crippen LogP contribution in [0.5, 0.6) is 0 Å². The number of allylic oxidation sites excluding steroid dienone is 1. The van der Waals surface area contributed by atoms with E-state index >= 15 is 0 Å². The molecule has 3 atom stereocenters. The Morgan fingerprint density at radius 1 is 1.26 bits per heavy atom. The highest BCUT2D eigenvalue weighted by atomic mass is 16.7. The van der Waals surface area contributed by atoms with E-state index in [0.29, 0.717) is 13.2 Å². The first kappa shape index (κ1) is 12.9. The number of fused-ring (bicyclic) bond motifs is 1. The van der Waals surface area contributed by atoms with E-state index in [-0.39, 0.29) is 30.4 Å². The predicted octanol–water partition coefficient (Wildman–Crippen LogP) is 1.97. The number of nitrogens with one attached hydrogen (secondary N) is 1. The van der Waals surface area contributed by atoms with Crippen molar-refractivity contribution in [1.29, 1.82) is 0 Å². The molecule has 1 N–H and O–H groups in total. The van der Waals surface area contributed by atoms with Gasteiger partial charge in [-0.15, -0.1) is 0 Å². The number of rotatable bonds is 2. The average Bonchev–Trinajstić information content (AvgIpc) is 2.97. The monoisotopic (exact) mass is 267 g/mol. The topological polar surface area (TPSA) is 56.8 Å². The molecule has 0 spiro atoms. The molecular weight excluding hydrogens is 246 g/mol. The molecule has 2 heterocycles. The minimum absolute atomic E-state index is 0.161. The minimum atomic E-state index is -0.321. The van der Waals surface area contributed by atoms with E-state index in [2.05, 4.69) is 11.9 Å². The fourth-order valence-electron chi connectivity index (χ4n) is 3.06. The summed E-state index contributed by atoms with van der Waals surface area (Å²) in [5.41, 5.74) is 1.28. The number of carbonyl (C=O) groups excluding carboxylic acids is 1. The Balaban J connectivity index is 1.45. The predicted molar refractivity (Wildman–Crippen MR) is 68.6 cm³/mol. The van der Waals surface area contributed by atoms with Gasteiger partial charge in [0.15, 0.2) is 6.29 Å². The standard InChI is InChI=1S/C14H21NO4/c1-9-2-4-10(5-3-9)15-14(16)19-12-8-18-13-11(12)6-7-17-13/h10-13H,1-8H2,(H,15,16)/t11-,12-,13+/m0/s1. The summed E-state index contributed by atoms with van der Waals surface area (Å²) in [7, 11) is 0. The zero-order valence-electron chi connectivity index (χ0n) is 11.1. The van der Waals surface area contributed by atoms with Crippen molar-refractivity contribution in [3.05, 3.63) is 12.2 Å². The van der Waals surface area contributed by atoms with Crippen LogP contribution in [0.1, 0.15) is 32.1 Å². The van der Waals surface area contributed by atoms with Gasteiger partial charge in [0, 0.05) is 6.04 Å². The van der Waals surface area contributed by atoms with Crippen LogP contribution in [0.15, 0.2) is 12.2 Å². The van der Waals surface area contributed by atoms with Crippen LogP contribution in [0.25, 0.3) is 0 Å². The number of ether oxygens (including phenoxy) is 3. The third-order valence-corrected chi connectivity index (χ3v) is 4.26. The second kappa shape index (κ2) is 5.51. The zero-order chi connectivity index (χ0) is 13.2. The maximum atomic E-state index is 11.9. The van der Waals surface area contributed by atoms with Crippen molar-refractivity contribution in [3.8, 4) is 0 Å². The fraction of sp³-hybridized carbons (Fsp3) is 0.786. The van der Waals surface area contributed by atoms with Crippen LogP contribution in [0.3, 0.4) is 0 Å². The molecular formula is C14H21NO4. The summed E-state index contributed by atoms with van der Waals surface area (Å²) in [4.78, 5) is 11.9. The molecule has 3 rings (SSSR count). The second-order valence-electron chi connectivity index (χ2n) is 5.64. The second-order valence-corrected chi connectivity index (χ2v) is 5.64. The van der Waals surface area contributed by atoms with Crippen molar-refractivity contribution in [2.24, 2.45) is 5.92 Å². The first-order chi connectivity index (χ1) is 9.22. The summed E-state index contributed by atoms with van der Waals surface area (Å²) in [6, 6.07) is 0.218. The third-order valence-electron chi connectivity index (χ3n) is 4.26. The minimum Gasteiger partial charge on any atom is -0.443 e. The van der Waals surface area contributed by atoms with Crippen molar-refractivity contribution in [2.75, 3.05) is 13.2 Å². The molecule has 1 amide bonds. The van der Waals surface area contributed by atoms with E-state index in [1.807, 2.05) is 0 Å². The summed E-state index contributed by atoms with van der Waals surface area (Å²) < 4.78 is 16.3. The Labute approximate surface area is 113 Å². The Morgan fingerprint density at radius 2 is 2.05 bits per heavy atom. The highest BCUT2D eigenvalue weighted by Gasteiger charge is 2.43. The van der Waals surface area contributed by atoms with Crippen LogP contribution in [0, 0.1) is 5.92 Å². The average molecular weight is 267 g/mol. The molecule has 2 saturated heterocycles. The highest BCUT2D eigenvalue weighted by molar-refractivity contribution is 5.67. The van der Waals surface area contributed by atoms with E-state index in [1.165, 1.54) is 5.57 Å². The van der Waals surface area contributed by atoms with Gasteiger partial charge in [0.1, 0.15) is 6.10 Å². The van der Waals surface area contributed by atoms with Gasteiger partial charge in [0.2, 0.25) is 0 Å². The van der Waals surface area contributed by atoms with Crippen LogP contribution < -0.4 is 5.32 Å². The van der Waals surface area contributed by atoms with Crippen molar-refractivity contribution >= 4 is 6.09 Å². The molecule has 19 heavy (non-hydrogen) atoms. The Bertz CT molecular complexity index is 360. The van der Waals surface area contributed by atoms with Gasteiger partial charge in [-0.2, -0.15) is 0 Å². The number of alkyl carbamates (subject to hydrolysis) is 1. The van der Waals surface area contributed by atoms with E-state index in [9.17, 15) is 4.79 Å². The molecule has 3 fully saturated rings. The first-order valence-corrected chi connectivity index (χ1v) is 7.09. The van der Waals surface area contributed by atoms with Gasteiger partial charge < -0.3 is 19.5 Å². The Morgan fingerprint density at radius 3 is 2.84 bits per heavy atom. The molecule has 0 radical (unpaired) electrons. The maximum absolute atomic E-state index is 11.9. The summed E-state index contributed by atoms with van der Waals surface area (Å²) in [5, 5.41) is 2.95. The number of hydrogen-bond donors (Lipinski definition) is 1. The highest BCUT2D eigenvalue weighted by Crippen LogP contribution is 2.33. The molecule has 0 unspecified atom stereocenters. The summed E-state index contributed by atoms with van der Waals surface area (Å²) in [5.74, 6) is 0.205. The smallest absolute Gasteiger partial charge is 0.407 e. The normalized spacial score (nSPS) is 35.2. The first-order valence-electron chi connectivity index (χ1n) is 7.09. The van der Waals surface area contributed by atoms with Gasteiger partial charge in [-0.05, 0) is 32.1 Å². The van der Waals surface area contributed by atoms with E-state index < -0.39 is 0 Å². The molecule has 1 saturated carbocycles. The molecule has 0 aromatic heterocycles. The van der Waals surface area contributed by atoms with Gasteiger partial charge >= 0.3 is 6.09 Å². The van der Waals surface area contributed by atoms with Gasteiger partial charge in [0.05, 0.1) is 19.1 Å². The quantitative estimate of drug-likeness (QED) is 0.777.